The topological polar surface area (TPSA) is 94.1 Å². The van der Waals surface area contributed by atoms with Gasteiger partial charge in [-0.3, -0.25) is 0 Å². The second kappa shape index (κ2) is 7.43. The molecule has 0 unspecified atom stereocenters. The molecule has 3 aromatic rings. The Hall–Kier alpha value is -1.81. The first-order valence-corrected chi connectivity index (χ1v) is 11.8. The van der Waals surface area contributed by atoms with Crippen LogP contribution in [0.1, 0.15) is 11.1 Å². The molecule has 0 amide bonds. The summed E-state index contributed by atoms with van der Waals surface area (Å²) in [6.07, 6.45) is 0. The lowest BCUT2D eigenvalue weighted by Crippen LogP contribution is -2.04. The molecule has 0 spiro atoms. The van der Waals surface area contributed by atoms with Gasteiger partial charge in [0, 0.05) is 5.88 Å². The lowest BCUT2D eigenvalue weighted by atomic mass is 10.2. The Kier molecular flexibility index (Phi) is 5.42. The van der Waals surface area contributed by atoms with E-state index in [2.05, 4.69) is 10.2 Å². The van der Waals surface area contributed by atoms with Crippen LogP contribution in [-0.4, -0.2) is 27.0 Å². The molecule has 10 heteroatoms. The number of hydrogen-bond acceptors (Lipinski definition) is 7. The SMILES string of the molecule is O=S(=O)(Cc1ccccc1)c1nnc(S(=O)(=O)c2ccc(CCl)cc2)s1. The summed E-state index contributed by atoms with van der Waals surface area (Å²) < 4.78 is 49.5. The maximum atomic E-state index is 12.6. The van der Waals surface area contributed by atoms with Crippen molar-refractivity contribution in [2.24, 2.45) is 0 Å². The fourth-order valence-electron chi connectivity index (χ4n) is 2.15. The van der Waals surface area contributed by atoms with Gasteiger partial charge in [-0.15, -0.1) is 21.8 Å². The fourth-order valence-corrected chi connectivity index (χ4v) is 6.44. The highest BCUT2D eigenvalue weighted by molar-refractivity contribution is 7.95. The minimum atomic E-state index is -3.94. The Bertz CT molecular complexity index is 1110. The van der Waals surface area contributed by atoms with Crippen LogP contribution in [0.3, 0.4) is 0 Å². The summed E-state index contributed by atoms with van der Waals surface area (Å²) in [5.74, 6) is -0.00600. The molecule has 0 N–H and O–H groups in total. The number of alkyl halides is 1. The normalized spacial score (nSPS) is 12.2. The largest absolute Gasteiger partial charge is 0.238 e. The first-order chi connectivity index (χ1) is 12.3. The fraction of sp³-hybridized carbons (Fsp3) is 0.125. The van der Waals surface area contributed by atoms with Gasteiger partial charge in [0.05, 0.1) is 10.6 Å². The summed E-state index contributed by atoms with van der Waals surface area (Å²) in [6.45, 7) is 0. The van der Waals surface area contributed by atoms with Crippen molar-refractivity contribution < 1.29 is 16.8 Å². The number of sulfone groups is 2. The Labute approximate surface area is 160 Å². The van der Waals surface area contributed by atoms with Crippen molar-refractivity contribution in [1.29, 1.82) is 0 Å². The molecule has 136 valence electrons. The van der Waals surface area contributed by atoms with Crippen LogP contribution in [0.2, 0.25) is 0 Å². The highest BCUT2D eigenvalue weighted by Gasteiger charge is 2.27. The summed E-state index contributed by atoms with van der Waals surface area (Å²) in [6, 6.07) is 14.6. The van der Waals surface area contributed by atoms with Gasteiger partial charge in [-0.1, -0.05) is 53.8 Å². The summed E-state index contributed by atoms with van der Waals surface area (Å²) in [5.41, 5.74) is 1.36. The zero-order valence-corrected chi connectivity index (χ0v) is 16.4. The molecule has 0 aliphatic heterocycles. The quantitative estimate of drug-likeness (QED) is 0.560. The van der Waals surface area contributed by atoms with Crippen molar-refractivity contribution in [3.63, 3.8) is 0 Å². The van der Waals surface area contributed by atoms with Gasteiger partial charge in [0.1, 0.15) is 0 Å². The van der Waals surface area contributed by atoms with Crippen LogP contribution in [0, 0.1) is 0 Å². The van der Waals surface area contributed by atoms with E-state index >= 15 is 0 Å². The second-order valence-electron chi connectivity index (χ2n) is 5.36. The number of halogens is 1. The van der Waals surface area contributed by atoms with Crippen LogP contribution < -0.4 is 0 Å². The second-order valence-corrected chi connectivity index (χ2v) is 10.9. The number of aromatic nitrogens is 2. The first-order valence-electron chi connectivity index (χ1n) is 7.33. The maximum Gasteiger partial charge on any atom is 0.238 e. The van der Waals surface area contributed by atoms with Gasteiger partial charge in [-0.2, -0.15) is 0 Å². The molecule has 1 aromatic heterocycles. The average Bonchev–Trinajstić information content (AvgIpc) is 3.14. The first kappa shape index (κ1) is 19.0. The van der Waals surface area contributed by atoms with Crippen LogP contribution in [0.5, 0.6) is 0 Å². The van der Waals surface area contributed by atoms with Crippen LogP contribution in [0.25, 0.3) is 0 Å². The van der Waals surface area contributed by atoms with E-state index in [0.29, 0.717) is 16.9 Å². The molecule has 3 rings (SSSR count). The zero-order valence-electron chi connectivity index (χ0n) is 13.2. The third-order valence-electron chi connectivity index (χ3n) is 3.47. The predicted molar refractivity (Wildman–Crippen MR) is 98.7 cm³/mol. The van der Waals surface area contributed by atoms with Gasteiger partial charge >= 0.3 is 0 Å². The average molecular weight is 429 g/mol. The Morgan fingerprint density at radius 1 is 0.808 bits per heavy atom. The van der Waals surface area contributed by atoms with E-state index in [0.717, 1.165) is 5.56 Å². The van der Waals surface area contributed by atoms with Gasteiger partial charge in [-0.25, -0.2) is 16.8 Å². The lowest BCUT2D eigenvalue weighted by Gasteiger charge is -2.01. The molecule has 6 nitrogen and oxygen atoms in total. The molecule has 0 aliphatic rings. The van der Waals surface area contributed by atoms with Crippen molar-refractivity contribution >= 4 is 42.6 Å². The lowest BCUT2D eigenvalue weighted by molar-refractivity contribution is 0.589. The van der Waals surface area contributed by atoms with Crippen molar-refractivity contribution in [2.75, 3.05) is 0 Å². The molecule has 0 atom stereocenters. The summed E-state index contributed by atoms with van der Waals surface area (Å²) in [5, 5.41) is 7.18. The van der Waals surface area contributed by atoms with Crippen molar-refractivity contribution in [1.82, 2.24) is 10.2 Å². The van der Waals surface area contributed by atoms with Gasteiger partial charge in [0.25, 0.3) is 0 Å². The molecule has 0 bridgehead atoms. The Balaban J connectivity index is 1.91. The molecule has 0 aliphatic carbocycles. The Morgan fingerprint density at radius 2 is 1.42 bits per heavy atom. The van der Waals surface area contributed by atoms with Gasteiger partial charge in [-0.05, 0) is 23.3 Å². The Morgan fingerprint density at radius 3 is 2.04 bits per heavy atom. The molecule has 0 saturated carbocycles. The van der Waals surface area contributed by atoms with Crippen molar-refractivity contribution in [3.8, 4) is 0 Å². The smallest absolute Gasteiger partial charge is 0.221 e. The number of rotatable bonds is 6. The van der Waals surface area contributed by atoms with Crippen LogP contribution >= 0.6 is 22.9 Å². The van der Waals surface area contributed by atoms with Crippen LogP contribution in [-0.2, 0) is 31.3 Å². The minimum Gasteiger partial charge on any atom is -0.221 e. The van der Waals surface area contributed by atoms with E-state index < -0.39 is 19.7 Å². The van der Waals surface area contributed by atoms with E-state index in [9.17, 15) is 16.8 Å². The minimum absolute atomic E-state index is 0.00882. The van der Waals surface area contributed by atoms with E-state index in [-0.39, 0.29) is 25.2 Å². The molecule has 0 radical (unpaired) electrons. The number of hydrogen-bond donors (Lipinski definition) is 0. The van der Waals surface area contributed by atoms with E-state index in [1.165, 1.54) is 12.1 Å². The highest BCUT2D eigenvalue weighted by atomic mass is 35.5. The molecule has 0 saturated heterocycles. The molecule has 1 heterocycles. The summed E-state index contributed by atoms with van der Waals surface area (Å²) >= 11 is 6.24. The molecule has 0 fully saturated rings. The summed E-state index contributed by atoms with van der Waals surface area (Å²) in [7, 11) is -7.72. The molecule has 26 heavy (non-hydrogen) atoms. The van der Waals surface area contributed by atoms with Crippen LogP contribution in [0.4, 0.5) is 0 Å². The monoisotopic (exact) mass is 428 g/mol. The zero-order chi connectivity index (χ0) is 18.8. The van der Waals surface area contributed by atoms with E-state index in [1.807, 2.05) is 0 Å². The molecule has 2 aromatic carbocycles. The van der Waals surface area contributed by atoms with Crippen molar-refractivity contribution in [3.05, 3.63) is 65.7 Å². The van der Waals surface area contributed by atoms with E-state index in [1.54, 1.807) is 42.5 Å². The highest BCUT2D eigenvalue weighted by Crippen LogP contribution is 2.28. The third-order valence-corrected chi connectivity index (χ3v) is 8.97. The maximum absolute atomic E-state index is 12.6. The summed E-state index contributed by atoms with van der Waals surface area (Å²) in [4.78, 5) is 0.00882. The number of benzene rings is 2. The van der Waals surface area contributed by atoms with Gasteiger partial charge in [0.2, 0.25) is 28.4 Å². The predicted octanol–water partition coefficient (Wildman–Crippen LogP) is 3.08. The third kappa shape index (κ3) is 3.96. The standard InChI is InChI=1S/C16H13ClN2O4S3/c17-10-12-6-8-14(9-7-12)26(22,23)16-19-18-15(24-16)25(20,21)11-13-4-2-1-3-5-13/h1-9H,10-11H2. The van der Waals surface area contributed by atoms with Gasteiger partial charge < -0.3 is 0 Å². The van der Waals surface area contributed by atoms with Gasteiger partial charge in [0.15, 0.2) is 0 Å². The van der Waals surface area contributed by atoms with E-state index in [4.69, 9.17) is 11.6 Å². The molecular weight excluding hydrogens is 416 g/mol. The van der Waals surface area contributed by atoms with Crippen LogP contribution in [0.15, 0.2) is 68.2 Å². The molecular formula is C16H13ClN2O4S3. The number of nitrogens with zero attached hydrogens (tertiary/aromatic N) is 2. The van der Waals surface area contributed by atoms with Crippen molar-refractivity contribution in [2.45, 2.75) is 25.2 Å².